The highest BCUT2D eigenvalue weighted by Crippen LogP contribution is 2.35. The van der Waals surface area contributed by atoms with Crippen LogP contribution in [-0.4, -0.2) is 22.8 Å². The molecule has 0 aromatic heterocycles. The van der Waals surface area contributed by atoms with Crippen molar-refractivity contribution in [2.24, 2.45) is 11.8 Å². The molecule has 0 aliphatic heterocycles. The first-order valence-corrected chi connectivity index (χ1v) is 6.23. The van der Waals surface area contributed by atoms with Gasteiger partial charge in [0.25, 0.3) is 0 Å². The molecule has 3 nitrogen and oxygen atoms in total. The van der Waals surface area contributed by atoms with E-state index in [1.165, 1.54) is 0 Å². The Morgan fingerprint density at radius 1 is 1.25 bits per heavy atom. The molecule has 16 heavy (non-hydrogen) atoms. The molecule has 0 amide bonds. The maximum atomic E-state index is 11.7. The molecule has 0 bridgehead atoms. The summed E-state index contributed by atoms with van der Waals surface area (Å²) in [5, 5.41) is 9.90. The van der Waals surface area contributed by atoms with Gasteiger partial charge >= 0.3 is 5.97 Å². The molecule has 0 unspecified atom stereocenters. The molecule has 0 saturated heterocycles. The van der Waals surface area contributed by atoms with Crippen LogP contribution in [0, 0.1) is 11.8 Å². The maximum Gasteiger partial charge on any atom is 0.309 e. The van der Waals surface area contributed by atoms with Crippen LogP contribution in [0.25, 0.3) is 0 Å². The summed E-state index contributed by atoms with van der Waals surface area (Å²) in [6.45, 7) is 7.45. The van der Waals surface area contributed by atoms with E-state index >= 15 is 0 Å². The smallest absolute Gasteiger partial charge is 0.309 e. The third kappa shape index (κ3) is 3.78. The quantitative estimate of drug-likeness (QED) is 0.755. The van der Waals surface area contributed by atoms with Crippen molar-refractivity contribution in [3.8, 4) is 0 Å². The fourth-order valence-corrected chi connectivity index (χ4v) is 2.36. The molecule has 0 spiro atoms. The average molecular weight is 228 g/mol. The Morgan fingerprint density at radius 3 is 2.12 bits per heavy atom. The lowest BCUT2D eigenvalue weighted by atomic mass is 9.75. The first-order chi connectivity index (χ1) is 7.30. The second kappa shape index (κ2) is 5.17. The number of carbonyl (C=O) groups is 1. The zero-order chi connectivity index (χ0) is 12.3. The molecule has 1 saturated carbocycles. The molecule has 0 atom stereocenters. The van der Waals surface area contributed by atoms with Crippen LogP contribution in [0.15, 0.2) is 0 Å². The van der Waals surface area contributed by atoms with Gasteiger partial charge in [0.2, 0.25) is 0 Å². The van der Waals surface area contributed by atoms with E-state index in [-0.39, 0.29) is 18.0 Å². The molecule has 1 aliphatic rings. The predicted molar refractivity (Wildman–Crippen MR) is 63.0 cm³/mol. The zero-order valence-corrected chi connectivity index (χ0v) is 10.8. The van der Waals surface area contributed by atoms with Gasteiger partial charge in [-0.15, -0.1) is 0 Å². The molecule has 94 valence electrons. The molecule has 1 rings (SSSR count). The van der Waals surface area contributed by atoms with Gasteiger partial charge in [0, 0.05) is 0 Å². The summed E-state index contributed by atoms with van der Waals surface area (Å²) >= 11 is 0. The van der Waals surface area contributed by atoms with E-state index in [1.54, 1.807) is 0 Å². The van der Waals surface area contributed by atoms with Crippen molar-refractivity contribution in [2.45, 2.75) is 65.1 Å². The Labute approximate surface area is 98.2 Å². The molecule has 1 fully saturated rings. The molecule has 0 aromatic rings. The lowest BCUT2D eigenvalue weighted by Crippen LogP contribution is -2.36. The van der Waals surface area contributed by atoms with Crippen LogP contribution in [0.4, 0.5) is 0 Å². The largest absolute Gasteiger partial charge is 0.463 e. The van der Waals surface area contributed by atoms with E-state index in [2.05, 4.69) is 0 Å². The predicted octanol–water partition coefficient (Wildman–Crippen LogP) is 2.52. The summed E-state index contributed by atoms with van der Waals surface area (Å²) in [6, 6.07) is 0. The van der Waals surface area contributed by atoms with Gasteiger partial charge in [-0.05, 0) is 59.3 Å². The molecule has 0 aromatic carbocycles. The third-order valence-electron chi connectivity index (χ3n) is 3.41. The van der Waals surface area contributed by atoms with Crippen LogP contribution in [0.3, 0.4) is 0 Å². The summed E-state index contributed by atoms with van der Waals surface area (Å²) in [5.41, 5.74) is -0.618. The normalized spacial score (nSPS) is 26.9. The van der Waals surface area contributed by atoms with Crippen LogP contribution in [0.5, 0.6) is 0 Å². The third-order valence-corrected chi connectivity index (χ3v) is 3.41. The maximum absolute atomic E-state index is 11.7. The van der Waals surface area contributed by atoms with Crippen LogP contribution in [0.1, 0.15) is 53.4 Å². The molecule has 1 aliphatic carbocycles. The number of rotatable bonds is 3. The molecule has 3 heteroatoms. The Bertz CT molecular complexity index is 232. The van der Waals surface area contributed by atoms with Crippen molar-refractivity contribution in [3.63, 3.8) is 0 Å². The minimum Gasteiger partial charge on any atom is -0.463 e. The highest BCUT2D eigenvalue weighted by atomic mass is 16.5. The Morgan fingerprint density at radius 2 is 1.75 bits per heavy atom. The second-order valence-corrected chi connectivity index (χ2v) is 5.69. The highest BCUT2D eigenvalue weighted by Gasteiger charge is 2.34. The minimum atomic E-state index is -0.618. The van der Waals surface area contributed by atoms with Gasteiger partial charge in [-0.3, -0.25) is 4.79 Å². The van der Waals surface area contributed by atoms with Crippen molar-refractivity contribution in [3.05, 3.63) is 0 Å². The summed E-state index contributed by atoms with van der Waals surface area (Å²) in [6.07, 6.45) is 3.50. The van der Waals surface area contributed by atoms with Gasteiger partial charge in [-0.25, -0.2) is 0 Å². The topological polar surface area (TPSA) is 46.5 Å². The average Bonchev–Trinajstić information content (AvgIpc) is 2.15. The number of ether oxygens (including phenoxy) is 1. The molecular weight excluding hydrogens is 204 g/mol. The monoisotopic (exact) mass is 228 g/mol. The number of carbonyl (C=O) groups excluding carboxylic acids is 1. The second-order valence-electron chi connectivity index (χ2n) is 5.69. The first-order valence-electron chi connectivity index (χ1n) is 6.23. The number of hydrogen-bond donors (Lipinski definition) is 1. The van der Waals surface area contributed by atoms with Crippen molar-refractivity contribution in [2.75, 3.05) is 0 Å². The van der Waals surface area contributed by atoms with Gasteiger partial charge in [0.05, 0.1) is 17.6 Å². The fourth-order valence-electron chi connectivity index (χ4n) is 2.36. The van der Waals surface area contributed by atoms with Gasteiger partial charge in [-0.2, -0.15) is 0 Å². The summed E-state index contributed by atoms with van der Waals surface area (Å²) in [7, 11) is 0. The highest BCUT2D eigenvalue weighted by molar-refractivity contribution is 5.72. The van der Waals surface area contributed by atoms with E-state index in [0.29, 0.717) is 5.92 Å². The molecular formula is C13H24O3. The first kappa shape index (κ1) is 13.5. The Balaban J connectivity index is 2.40. The van der Waals surface area contributed by atoms with E-state index < -0.39 is 5.60 Å². The molecule has 0 radical (unpaired) electrons. The Kier molecular flexibility index (Phi) is 4.36. The van der Waals surface area contributed by atoms with E-state index in [1.807, 2.05) is 27.7 Å². The summed E-state index contributed by atoms with van der Waals surface area (Å²) in [4.78, 5) is 11.7. The van der Waals surface area contributed by atoms with Crippen molar-refractivity contribution in [1.29, 1.82) is 0 Å². The fraction of sp³-hybridized carbons (Fsp3) is 0.923. The van der Waals surface area contributed by atoms with Crippen LogP contribution in [-0.2, 0) is 9.53 Å². The molecule has 1 N–H and O–H groups in total. The number of esters is 1. The van der Waals surface area contributed by atoms with Crippen LogP contribution in [0.2, 0.25) is 0 Å². The van der Waals surface area contributed by atoms with Gasteiger partial charge in [0.15, 0.2) is 0 Å². The minimum absolute atomic E-state index is 0.0282. The van der Waals surface area contributed by atoms with Crippen molar-refractivity contribution < 1.29 is 14.6 Å². The van der Waals surface area contributed by atoms with E-state index in [9.17, 15) is 9.90 Å². The zero-order valence-electron chi connectivity index (χ0n) is 10.8. The summed E-state index contributed by atoms with van der Waals surface area (Å²) < 4.78 is 5.21. The lowest BCUT2D eigenvalue weighted by molar-refractivity contribution is -0.154. The summed E-state index contributed by atoms with van der Waals surface area (Å²) in [5.74, 6) is 0.292. The van der Waals surface area contributed by atoms with Gasteiger partial charge in [0.1, 0.15) is 0 Å². The number of aliphatic hydroxyl groups is 1. The Hall–Kier alpha value is -0.570. The van der Waals surface area contributed by atoms with Gasteiger partial charge < -0.3 is 9.84 Å². The van der Waals surface area contributed by atoms with Gasteiger partial charge in [-0.1, -0.05) is 0 Å². The standard InChI is InChI=1S/C13H24O3/c1-9(2)16-12(14)10-5-7-11(8-6-10)13(3,4)15/h9-11,15H,5-8H2,1-4H3. The van der Waals surface area contributed by atoms with Crippen molar-refractivity contribution in [1.82, 2.24) is 0 Å². The number of hydrogen-bond acceptors (Lipinski definition) is 3. The van der Waals surface area contributed by atoms with E-state index in [0.717, 1.165) is 25.7 Å². The SMILES string of the molecule is CC(C)OC(=O)C1CCC(C(C)(C)O)CC1. The van der Waals surface area contributed by atoms with Crippen LogP contribution < -0.4 is 0 Å². The molecule has 0 heterocycles. The van der Waals surface area contributed by atoms with Crippen LogP contribution >= 0.6 is 0 Å². The van der Waals surface area contributed by atoms with E-state index in [4.69, 9.17) is 4.74 Å². The van der Waals surface area contributed by atoms with Crippen molar-refractivity contribution >= 4 is 5.97 Å². The lowest BCUT2D eigenvalue weighted by Gasteiger charge is -2.35.